The number of hydrogen-bond acceptors (Lipinski definition) is 8. The van der Waals surface area contributed by atoms with Gasteiger partial charge in [0, 0.05) is 42.5 Å². The largest absolute Gasteiger partial charge is 0.383 e. The van der Waals surface area contributed by atoms with Crippen LogP contribution in [0.3, 0.4) is 0 Å². The van der Waals surface area contributed by atoms with Crippen molar-refractivity contribution in [2.75, 3.05) is 37.4 Å². The Kier molecular flexibility index (Phi) is 8.81. The average molecular weight is 529 g/mol. The summed E-state index contributed by atoms with van der Waals surface area (Å²) in [5.74, 6) is 0.945. The molecule has 1 saturated carbocycles. The third-order valence-electron chi connectivity index (χ3n) is 7.77. The molecular weight excluding hydrogens is 492 g/mol. The van der Waals surface area contributed by atoms with Crippen molar-refractivity contribution < 1.29 is 9.53 Å². The van der Waals surface area contributed by atoms with Crippen LogP contribution in [0.5, 0.6) is 0 Å². The fourth-order valence-corrected chi connectivity index (χ4v) is 5.78. The van der Waals surface area contributed by atoms with Crippen LogP contribution in [0, 0.1) is 17.2 Å². The van der Waals surface area contributed by atoms with Gasteiger partial charge in [-0.15, -0.1) is 0 Å². The number of nitriles is 1. The summed E-state index contributed by atoms with van der Waals surface area (Å²) in [7, 11) is 1.70. The number of rotatable bonds is 11. The molecule has 2 aromatic heterocycles. The van der Waals surface area contributed by atoms with Crippen molar-refractivity contribution in [3.05, 3.63) is 48.9 Å². The van der Waals surface area contributed by atoms with E-state index >= 15 is 0 Å². The SMILES string of the molecule is COC[C@H]1CCCN1CC(=O)Nc1ccc(Nc2nccc(-c3cnn(C(CC#N)C4CCCC4)c3)n2)cc1. The van der Waals surface area contributed by atoms with Crippen molar-refractivity contribution in [3.63, 3.8) is 0 Å². The molecule has 0 spiro atoms. The highest BCUT2D eigenvalue weighted by molar-refractivity contribution is 5.92. The molecule has 0 radical (unpaired) electrons. The van der Waals surface area contributed by atoms with Crippen LogP contribution in [0.4, 0.5) is 17.3 Å². The molecule has 1 aliphatic carbocycles. The van der Waals surface area contributed by atoms with E-state index in [0.717, 1.165) is 54.9 Å². The number of carbonyl (C=O) groups excluding carboxylic acids is 1. The summed E-state index contributed by atoms with van der Waals surface area (Å²) < 4.78 is 7.23. The lowest BCUT2D eigenvalue weighted by atomic mass is 9.96. The highest BCUT2D eigenvalue weighted by Gasteiger charge is 2.27. The molecule has 2 atom stereocenters. The summed E-state index contributed by atoms with van der Waals surface area (Å²) in [5.41, 5.74) is 3.21. The van der Waals surface area contributed by atoms with Gasteiger partial charge in [0.15, 0.2) is 0 Å². The summed E-state index contributed by atoms with van der Waals surface area (Å²) in [5, 5.41) is 20.2. The molecule has 3 heterocycles. The van der Waals surface area contributed by atoms with Crippen LogP contribution in [-0.4, -0.2) is 63.4 Å². The second-order valence-corrected chi connectivity index (χ2v) is 10.4. The molecule has 2 N–H and O–H groups in total. The third-order valence-corrected chi connectivity index (χ3v) is 7.77. The molecule has 2 aliphatic rings. The monoisotopic (exact) mass is 528 g/mol. The van der Waals surface area contributed by atoms with Gasteiger partial charge < -0.3 is 15.4 Å². The van der Waals surface area contributed by atoms with Gasteiger partial charge in [0.1, 0.15) is 0 Å². The number of aromatic nitrogens is 4. The number of hydrogen-bond donors (Lipinski definition) is 2. The molecule has 1 aliphatic heterocycles. The van der Waals surface area contributed by atoms with Gasteiger partial charge in [0.25, 0.3) is 0 Å². The smallest absolute Gasteiger partial charge is 0.238 e. The Labute approximate surface area is 229 Å². The lowest BCUT2D eigenvalue weighted by Gasteiger charge is -2.23. The van der Waals surface area contributed by atoms with Gasteiger partial charge in [-0.3, -0.25) is 14.4 Å². The Bertz CT molecular complexity index is 1280. The van der Waals surface area contributed by atoms with Crippen LogP contribution in [0.15, 0.2) is 48.9 Å². The molecule has 204 valence electrons. The fourth-order valence-electron chi connectivity index (χ4n) is 5.78. The quantitative estimate of drug-likeness (QED) is 0.365. The minimum Gasteiger partial charge on any atom is -0.383 e. The number of benzene rings is 1. The Balaban J connectivity index is 1.19. The number of methoxy groups -OCH3 is 1. The molecule has 3 aromatic rings. The molecule has 1 unspecified atom stereocenters. The van der Waals surface area contributed by atoms with E-state index in [1.807, 2.05) is 47.4 Å². The maximum Gasteiger partial charge on any atom is 0.238 e. The molecule has 0 bridgehead atoms. The van der Waals surface area contributed by atoms with E-state index in [0.29, 0.717) is 37.5 Å². The van der Waals surface area contributed by atoms with Crippen molar-refractivity contribution in [2.45, 2.75) is 57.0 Å². The molecule has 1 aromatic carbocycles. The van der Waals surface area contributed by atoms with E-state index in [2.05, 4.69) is 36.7 Å². The molecule has 5 rings (SSSR count). The third kappa shape index (κ3) is 6.80. The number of nitrogens with zero attached hydrogens (tertiary/aromatic N) is 6. The molecule has 10 heteroatoms. The van der Waals surface area contributed by atoms with Gasteiger partial charge in [0.2, 0.25) is 11.9 Å². The normalized spacial score (nSPS) is 18.6. The maximum absolute atomic E-state index is 12.6. The van der Waals surface area contributed by atoms with Crippen LogP contribution in [0.2, 0.25) is 0 Å². The highest BCUT2D eigenvalue weighted by atomic mass is 16.5. The van der Waals surface area contributed by atoms with Crippen molar-refractivity contribution >= 4 is 23.2 Å². The Morgan fingerprint density at radius 2 is 1.95 bits per heavy atom. The lowest BCUT2D eigenvalue weighted by molar-refractivity contribution is -0.117. The summed E-state index contributed by atoms with van der Waals surface area (Å²) in [6, 6.07) is 12.1. The van der Waals surface area contributed by atoms with E-state index in [1.165, 1.54) is 12.8 Å². The summed E-state index contributed by atoms with van der Waals surface area (Å²) >= 11 is 0. The first-order valence-electron chi connectivity index (χ1n) is 13.8. The van der Waals surface area contributed by atoms with Crippen molar-refractivity contribution in [3.8, 4) is 17.3 Å². The minimum absolute atomic E-state index is 0.0276. The molecular formula is C29H36N8O2. The summed E-state index contributed by atoms with van der Waals surface area (Å²) in [6.07, 6.45) is 12.9. The predicted octanol–water partition coefficient (Wildman–Crippen LogP) is 4.78. The maximum atomic E-state index is 12.6. The first-order valence-corrected chi connectivity index (χ1v) is 13.8. The Morgan fingerprint density at radius 1 is 1.15 bits per heavy atom. The minimum atomic E-state index is -0.0276. The van der Waals surface area contributed by atoms with E-state index in [4.69, 9.17) is 4.74 Å². The number of amides is 1. The summed E-state index contributed by atoms with van der Waals surface area (Å²) in [4.78, 5) is 23.8. The highest BCUT2D eigenvalue weighted by Crippen LogP contribution is 2.36. The predicted molar refractivity (Wildman–Crippen MR) is 149 cm³/mol. The lowest BCUT2D eigenvalue weighted by Crippen LogP contribution is -2.38. The van der Waals surface area contributed by atoms with E-state index < -0.39 is 0 Å². The second kappa shape index (κ2) is 12.8. The van der Waals surface area contributed by atoms with Gasteiger partial charge in [0.05, 0.1) is 43.6 Å². The van der Waals surface area contributed by atoms with Gasteiger partial charge in [-0.2, -0.15) is 10.4 Å². The van der Waals surface area contributed by atoms with Crippen molar-refractivity contribution in [2.24, 2.45) is 5.92 Å². The van der Waals surface area contributed by atoms with Crippen LogP contribution in [-0.2, 0) is 9.53 Å². The number of anilines is 3. The second-order valence-electron chi connectivity index (χ2n) is 10.4. The van der Waals surface area contributed by atoms with Crippen molar-refractivity contribution in [1.29, 1.82) is 5.26 Å². The van der Waals surface area contributed by atoms with Gasteiger partial charge in [-0.1, -0.05) is 12.8 Å². The topological polar surface area (TPSA) is 121 Å². The van der Waals surface area contributed by atoms with Crippen LogP contribution in [0.25, 0.3) is 11.3 Å². The van der Waals surface area contributed by atoms with Crippen LogP contribution >= 0.6 is 0 Å². The molecule has 1 saturated heterocycles. The first kappa shape index (κ1) is 26.8. The zero-order valence-corrected chi connectivity index (χ0v) is 22.4. The molecule has 39 heavy (non-hydrogen) atoms. The van der Waals surface area contributed by atoms with Crippen LogP contribution < -0.4 is 10.6 Å². The molecule has 10 nitrogen and oxygen atoms in total. The number of ether oxygens (including phenoxy) is 1. The van der Waals surface area contributed by atoms with E-state index in [-0.39, 0.29) is 11.9 Å². The Hall–Kier alpha value is -3.81. The van der Waals surface area contributed by atoms with Gasteiger partial charge >= 0.3 is 0 Å². The van der Waals surface area contributed by atoms with E-state index in [9.17, 15) is 10.1 Å². The number of carbonyl (C=O) groups is 1. The molecule has 2 fully saturated rings. The van der Waals surface area contributed by atoms with Crippen molar-refractivity contribution in [1.82, 2.24) is 24.6 Å². The summed E-state index contributed by atoms with van der Waals surface area (Å²) in [6.45, 7) is 1.94. The standard InChI is InChI=1S/C29H36N8O2/c1-39-20-25-7-4-16-36(25)19-28(38)33-23-8-10-24(11-9-23)34-29-31-15-13-26(35-29)22-17-32-37(18-22)27(12-14-30)21-5-2-3-6-21/h8-11,13,15,17-18,21,25,27H,2-7,12,16,19-20H2,1H3,(H,33,38)(H,31,34,35)/t25-,27?/m1/s1. The van der Waals surface area contributed by atoms with E-state index in [1.54, 1.807) is 13.3 Å². The van der Waals surface area contributed by atoms with Crippen LogP contribution in [0.1, 0.15) is 51.0 Å². The molecule has 1 amide bonds. The zero-order chi connectivity index (χ0) is 27.0. The fraction of sp³-hybridized carbons (Fsp3) is 0.483. The number of likely N-dealkylation sites (tertiary alicyclic amines) is 1. The average Bonchev–Trinajstić information content (AvgIpc) is 3.72. The first-order chi connectivity index (χ1) is 19.1. The van der Waals surface area contributed by atoms with Gasteiger partial charge in [-0.25, -0.2) is 9.97 Å². The van der Waals surface area contributed by atoms with Gasteiger partial charge in [-0.05, 0) is 68.5 Å². The number of nitrogens with one attached hydrogen (secondary N) is 2. The zero-order valence-electron chi connectivity index (χ0n) is 22.4. The Morgan fingerprint density at radius 3 is 2.72 bits per heavy atom.